The van der Waals surface area contributed by atoms with E-state index < -0.39 is 6.10 Å². The van der Waals surface area contributed by atoms with E-state index in [1.807, 2.05) is 6.92 Å². The Morgan fingerprint density at radius 2 is 2.20 bits per heavy atom. The van der Waals surface area contributed by atoms with Crippen molar-refractivity contribution in [3.63, 3.8) is 0 Å². The van der Waals surface area contributed by atoms with Crippen LogP contribution in [-0.2, 0) is 11.2 Å². The Morgan fingerprint density at radius 3 is 2.90 bits per heavy atom. The van der Waals surface area contributed by atoms with Crippen LogP contribution in [0.2, 0.25) is 5.02 Å². The first-order valence-electron chi connectivity index (χ1n) is 6.15. The number of ether oxygens (including phenoxy) is 1. The molecule has 1 aromatic carbocycles. The smallest absolute Gasteiger partial charge is 0.266 e. The number of para-hydroxylation sites is 1. The van der Waals surface area contributed by atoms with Crippen LogP contribution in [0.1, 0.15) is 19.5 Å². The fraction of sp³-hybridized carbons (Fsp3) is 0.308. The van der Waals surface area contributed by atoms with Gasteiger partial charge in [-0.1, -0.05) is 35.8 Å². The van der Waals surface area contributed by atoms with Crippen LogP contribution in [0.4, 0.5) is 5.82 Å². The molecule has 1 atom stereocenters. The minimum absolute atomic E-state index is 0.312. The van der Waals surface area contributed by atoms with Crippen molar-refractivity contribution in [1.29, 1.82) is 0 Å². The summed E-state index contributed by atoms with van der Waals surface area (Å²) in [6.45, 7) is 3.51. The van der Waals surface area contributed by atoms with E-state index in [0.717, 1.165) is 0 Å². The van der Waals surface area contributed by atoms with Crippen LogP contribution in [0.25, 0.3) is 0 Å². The Morgan fingerprint density at radius 1 is 1.45 bits per heavy atom. The average molecular weight is 296 g/mol. The van der Waals surface area contributed by atoms with Gasteiger partial charge in [0.05, 0.1) is 5.02 Å². The number of amides is 1. The van der Waals surface area contributed by atoms with Crippen LogP contribution in [0.5, 0.6) is 5.75 Å². The highest BCUT2D eigenvalue weighted by molar-refractivity contribution is 6.32. The number of hydrogen-bond acceptors (Lipinski definition) is 5. The molecule has 0 saturated carbocycles. The summed E-state index contributed by atoms with van der Waals surface area (Å²) >= 11 is 5.97. The molecular weight excluding hydrogens is 282 g/mol. The van der Waals surface area contributed by atoms with Crippen molar-refractivity contribution < 1.29 is 14.2 Å². The van der Waals surface area contributed by atoms with Crippen LogP contribution >= 0.6 is 11.6 Å². The van der Waals surface area contributed by atoms with Crippen molar-refractivity contribution in [1.82, 2.24) is 10.3 Å². The molecule has 0 bridgehead atoms. The normalized spacial score (nSPS) is 11.9. The molecule has 2 rings (SSSR count). The van der Waals surface area contributed by atoms with Crippen LogP contribution < -0.4 is 10.1 Å². The summed E-state index contributed by atoms with van der Waals surface area (Å²) in [6, 6.07) is 6.95. The molecule has 0 radical (unpaired) electrons. The lowest BCUT2D eigenvalue weighted by Crippen LogP contribution is -2.30. The van der Waals surface area contributed by atoms with E-state index in [-0.39, 0.29) is 5.91 Å². The highest BCUT2D eigenvalue weighted by Gasteiger charge is 2.19. The molecule has 0 aliphatic carbocycles. The minimum Gasteiger partial charge on any atom is -0.479 e. The number of benzene rings is 1. The maximum Gasteiger partial charge on any atom is 0.266 e. The van der Waals surface area contributed by atoms with E-state index in [9.17, 15) is 4.79 Å². The number of rotatable bonds is 5. The lowest BCUT2D eigenvalue weighted by Gasteiger charge is -2.14. The lowest BCUT2D eigenvalue weighted by atomic mass is 10.3. The van der Waals surface area contributed by atoms with E-state index in [1.165, 1.54) is 0 Å². The van der Waals surface area contributed by atoms with Crippen molar-refractivity contribution in [3.05, 3.63) is 35.0 Å². The third-order valence-electron chi connectivity index (χ3n) is 2.64. The van der Waals surface area contributed by atoms with Gasteiger partial charge in [-0.2, -0.15) is 0 Å². The van der Waals surface area contributed by atoms with Gasteiger partial charge in [0.1, 0.15) is 11.4 Å². The predicted octanol–water partition coefficient (Wildman–Crippen LogP) is 2.69. The molecule has 1 amide bonds. The number of halogens is 1. The fourth-order valence-electron chi connectivity index (χ4n) is 1.54. The summed E-state index contributed by atoms with van der Waals surface area (Å²) in [5.74, 6) is 0.410. The first kappa shape index (κ1) is 14.3. The van der Waals surface area contributed by atoms with E-state index >= 15 is 0 Å². The molecule has 0 aliphatic heterocycles. The van der Waals surface area contributed by atoms with Crippen molar-refractivity contribution in [2.75, 3.05) is 5.32 Å². The molecule has 0 saturated heterocycles. The number of aromatic nitrogens is 2. The standard InChI is InChI=1S/C13H14ClN3O3/c1-3-10-12(17-20-16-10)15-13(18)8(2)19-11-7-5-4-6-9(11)14/h4-8H,3H2,1-2H3,(H,15,17,18). The zero-order chi connectivity index (χ0) is 14.5. The Bertz CT molecular complexity index is 600. The molecule has 1 heterocycles. The number of nitrogens with one attached hydrogen (secondary N) is 1. The minimum atomic E-state index is -0.726. The summed E-state index contributed by atoms with van der Waals surface area (Å²) in [6.07, 6.45) is -0.116. The van der Waals surface area contributed by atoms with Gasteiger partial charge >= 0.3 is 0 Å². The molecule has 0 spiro atoms. The summed E-state index contributed by atoms with van der Waals surface area (Å²) in [4.78, 5) is 12.0. The second-order valence-corrected chi connectivity index (χ2v) is 4.50. The number of aryl methyl sites for hydroxylation is 1. The van der Waals surface area contributed by atoms with Crippen molar-refractivity contribution in [2.24, 2.45) is 0 Å². The first-order valence-corrected chi connectivity index (χ1v) is 6.53. The molecule has 1 unspecified atom stereocenters. The molecule has 0 aliphatic rings. The highest BCUT2D eigenvalue weighted by Crippen LogP contribution is 2.24. The summed E-state index contributed by atoms with van der Waals surface area (Å²) in [5, 5.41) is 10.4. The van der Waals surface area contributed by atoms with E-state index in [1.54, 1.807) is 31.2 Å². The van der Waals surface area contributed by atoms with Gasteiger partial charge in [-0.3, -0.25) is 4.79 Å². The van der Waals surface area contributed by atoms with Crippen LogP contribution in [0.3, 0.4) is 0 Å². The van der Waals surface area contributed by atoms with Crippen molar-refractivity contribution >= 4 is 23.3 Å². The topological polar surface area (TPSA) is 77.3 Å². The van der Waals surface area contributed by atoms with Crippen LogP contribution in [0, 0.1) is 0 Å². The molecule has 20 heavy (non-hydrogen) atoms. The predicted molar refractivity (Wildman–Crippen MR) is 73.8 cm³/mol. The quantitative estimate of drug-likeness (QED) is 0.917. The van der Waals surface area contributed by atoms with E-state index in [4.69, 9.17) is 16.3 Å². The highest BCUT2D eigenvalue weighted by atomic mass is 35.5. The first-order chi connectivity index (χ1) is 9.61. The van der Waals surface area contributed by atoms with Crippen LogP contribution in [-0.4, -0.2) is 22.3 Å². The van der Waals surface area contributed by atoms with Gasteiger partial charge in [-0.05, 0) is 30.6 Å². The molecule has 7 heteroatoms. The number of carbonyl (C=O) groups is 1. The van der Waals surface area contributed by atoms with Gasteiger partial charge in [0, 0.05) is 0 Å². The molecular formula is C13H14ClN3O3. The summed E-state index contributed by atoms with van der Waals surface area (Å²) in [7, 11) is 0. The Balaban J connectivity index is 2.01. The number of anilines is 1. The Labute approximate surface area is 121 Å². The second-order valence-electron chi connectivity index (χ2n) is 4.09. The monoisotopic (exact) mass is 295 g/mol. The molecule has 6 nitrogen and oxygen atoms in total. The van der Waals surface area contributed by atoms with Crippen molar-refractivity contribution in [3.8, 4) is 5.75 Å². The van der Waals surface area contributed by atoms with Gasteiger partial charge in [0.25, 0.3) is 5.91 Å². The van der Waals surface area contributed by atoms with Gasteiger partial charge in [0.15, 0.2) is 6.10 Å². The molecule has 2 aromatic rings. The third-order valence-corrected chi connectivity index (χ3v) is 2.95. The maximum absolute atomic E-state index is 12.0. The summed E-state index contributed by atoms with van der Waals surface area (Å²) < 4.78 is 10.1. The van der Waals surface area contributed by atoms with Gasteiger partial charge in [-0.25, -0.2) is 4.63 Å². The largest absolute Gasteiger partial charge is 0.479 e. The molecule has 0 fully saturated rings. The fourth-order valence-corrected chi connectivity index (χ4v) is 1.72. The maximum atomic E-state index is 12.0. The van der Waals surface area contributed by atoms with E-state index in [0.29, 0.717) is 28.7 Å². The molecule has 106 valence electrons. The number of nitrogens with zero attached hydrogens (tertiary/aromatic N) is 2. The number of hydrogen-bond donors (Lipinski definition) is 1. The van der Waals surface area contributed by atoms with Crippen LogP contribution in [0.15, 0.2) is 28.9 Å². The van der Waals surface area contributed by atoms with Gasteiger partial charge in [0.2, 0.25) is 5.82 Å². The SMILES string of the molecule is CCc1nonc1NC(=O)C(C)Oc1ccccc1Cl. The Kier molecular flexibility index (Phi) is 4.57. The van der Waals surface area contributed by atoms with Crippen molar-refractivity contribution in [2.45, 2.75) is 26.4 Å². The van der Waals surface area contributed by atoms with E-state index in [2.05, 4.69) is 20.3 Å². The second kappa shape index (κ2) is 6.38. The number of carbonyl (C=O) groups excluding carboxylic acids is 1. The zero-order valence-electron chi connectivity index (χ0n) is 11.1. The lowest BCUT2D eigenvalue weighted by molar-refractivity contribution is -0.122. The zero-order valence-corrected chi connectivity index (χ0v) is 11.8. The molecule has 1 aromatic heterocycles. The molecule has 1 N–H and O–H groups in total. The third kappa shape index (κ3) is 3.27. The Hall–Kier alpha value is -2.08. The summed E-state index contributed by atoms with van der Waals surface area (Å²) in [5.41, 5.74) is 0.586. The average Bonchev–Trinajstić information content (AvgIpc) is 2.88. The van der Waals surface area contributed by atoms with Gasteiger partial charge in [-0.15, -0.1) is 0 Å². The van der Waals surface area contributed by atoms with Gasteiger partial charge < -0.3 is 10.1 Å².